The van der Waals surface area contributed by atoms with Gasteiger partial charge in [-0.25, -0.2) is 26.6 Å². The van der Waals surface area contributed by atoms with Crippen LogP contribution in [-0.4, -0.2) is 73.6 Å². The summed E-state index contributed by atoms with van der Waals surface area (Å²) in [7, 11) is -10.9. The van der Waals surface area contributed by atoms with Crippen molar-refractivity contribution in [3.05, 3.63) is 61.3 Å². The molecule has 4 rings (SSSR count). The lowest BCUT2D eigenvalue weighted by atomic mass is 9.98. The molecule has 21 heteroatoms. The second-order valence-corrected chi connectivity index (χ2v) is 18.8. The van der Waals surface area contributed by atoms with Crippen LogP contribution in [-0.2, 0) is 24.4 Å². The van der Waals surface area contributed by atoms with E-state index in [1.807, 2.05) is 20.8 Å². The van der Waals surface area contributed by atoms with Gasteiger partial charge in [-0.05, 0) is 70.0 Å². The number of piperidine rings is 1. The van der Waals surface area contributed by atoms with E-state index in [1.165, 1.54) is 23.5 Å². The van der Waals surface area contributed by atoms with Crippen molar-refractivity contribution < 1.29 is 57.5 Å². The van der Waals surface area contributed by atoms with Gasteiger partial charge in [0, 0.05) is 44.5 Å². The van der Waals surface area contributed by atoms with Gasteiger partial charge in [-0.2, -0.15) is 26.3 Å². The Balaban J connectivity index is 0.000000319. The average Bonchev–Trinajstić information content (AvgIpc) is 3.49. The average molecular weight is 965 g/mol. The molecular weight excluding hydrogens is 938 g/mol. The van der Waals surface area contributed by atoms with Crippen LogP contribution in [0.1, 0.15) is 54.9 Å². The number of hydrogen-bond acceptors (Lipinski definition) is 9. The lowest BCUT2D eigenvalue weighted by Crippen LogP contribution is -2.41. The highest BCUT2D eigenvalue weighted by molar-refractivity contribution is 9.10. The molecule has 2 heterocycles. The van der Waals surface area contributed by atoms with Gasteiger partial charge in [0.2, 0.25) is 0 Å². The van der Waals surface area contributed by atoms with Gasteiger partial charge < -0.3 is 9.64 Å². The number of alkyl halides is 7. The third-order valence-electron chi connectivity index (χ3n) is 6.73. The molecule has 0 saturated carbocycles. The lowest BCUT2D eigenvalue weighted by Gasteiger charge is -2.32. The zero-order chi connectivity index (χ0) is 38.0. The Labute approximate surface area is 313 Å². The van der Waals surface area contributed by atoms with Gasteiger partial charge in [0.15, 0.2) is 5.78 Å². The van der Waals surface area contributed by atoms with E-state index >= 15 is 0 Å². The molecule has 276 valence electrons. The molecule has 1 saturated heterocycles. The Kier molecular flexibility index (Phi) is 13.5. The first-order valence-electron chi connectivity index (χ1n) is 14.0. The largest absolute Gasteiger partial charge is 0.501 e. The first kappa shape index (κ1) is 42.3. The Morgan fingerprint density at radius 3 is 1.84 bits per heavy atom. The fraction of sp³-hybridized carbons (Fsp3) is 0.414. The first-order chi connectivity index (χ1) is 22.8. The fourth-order valence-electron chi connectivity index (χ4n) is 4.33. The third-order valence-corrected chi connectivity index (χ3v) is 12.1. The Morgan fingerprint density at radius 2 is 1.36 bits per heavy atom. The number of carbonyl (C=O) groups excluding carboxylic acids is 2. The SMILES string of the molecule is CC(C)(C)OC(=O)N1CCC(c2nc(-c3cc(Br)cc(S(=O)(=O)C(F)(F)F)c3)cs2)CC1.O=C(CBr)c1cc(Br)cc(S(=O)(=O)C(F)(F)F)c1. The minimum Gasteiger partial charge on any atom is -0.444 e. The number of benzene rings is 2. The number of likely N-dealkylation sites (tertiary alicyclic amines) is 1. The zero-order valence-electron chi connectivity index (χ0n) is 26.0. The van der Waals surface area contributed by atoms with Crippen molar-refractivity contribution in [2.75, 3.05) is 18.4 Å². The number of rotatable bonds is 6. The molecule has 1 amide bonds. The standard InChI is InChI=1S/C20H22BrF3N2O4S2.C9H5Br2F3O3S/c1-19(2,3)30-18(27)26-6-4-12(5-7-26)17-25-16(11-31-17)13-8-14(21)10-15(9-13)32(28,29)20(22,23)24;10-4-8(15)5-1-6(11)3-7(2-5)18(16,17)9(12,13)14/h8-12H,4-7H2,1-3H3;1-3H,4H2. The van der Waals surface area contributed by atoms with Gasteiger partial charge in [-0.3, -0.25) is 4.79 Å². The number of Topliss-reactive ketones (excluding diaryl/α,β-unsaturated/α-hetero) is 1. The number of aromatic nitrogens is 1. The molecule has 0 aliphatic carbocycles. The molecule has 2 aromatic carbocycles. The summed E-state index contributed by atoms with van der Waals surface area (Å²) in [5, 5.41) is 2.38. The lowest BCUT2D eigenvalue weighted by molar-refractivity contribution is -0.0442. The topological polar surface area (TPSA) is 128 Å². The predicted molar refractivity (Wildman–Crippen MR) is 184 cm³/mol. The summed E-state index contributed by atoms with van der Waals surface area (Å²) >= 11 is 10.2. The molecule has 50 heavy (non-hydrogen) atoms. The first-order valence-corrected chi connectivity index (χ1v) is 20.6. The number of nitrogens with zero attached hydrogens (tertiary/aromatic N) is 2. The van der Waals surface area contributed by atoms with Crippen LogP contribution in [0, 0.1) is 0 Å². The number of thiazole rings is 1. The van der Waals surface area contributed by atoms with E-state index in [2.05, 4.69) is 52.8 Å². The highest BCUT2D eigenvalue weighted by Gasteiger charge is 2.48. The summed E-state index contributed by atoms with van der Waals surface area (Å²) in [5.74, 6) is -0.423. The van der Waals surface area contributed by atoms with Crippen molar-refractivity contribution in [3.63, 3.8) is 0 Å². The van der Waals surface area contributed by atoms with E-state index in [9.17, 15) is 52.8 Å². The van der Waals surface area contributed by atoms with E-state index in [0.29, 0.717) is 37.7 Å². The highest BCUT2D eigenvalue weighted by Crippen LogP contribution is 2.37. The Bertz CT molecular complexity index is 1960. The van der Waals surface area contributed by atoms with Gasteiger partial charge in [0.1, 0.15) is 5.60 Å². The van der Waals surface area contributed by atoms with Crippen molar-refractivity contribution in [1.82, 2.24) is 9.88 Å². The minimum absolute atomic E-state index is 0.0807. The van der Waals surface area contributed by atoms with Crippen molar-refractivity contribution in [2.45, 2.75) is 65.9 Å². The number of ether oxygens (including phenoxy) is 1. The van der Waals surface area contributed by atoms with Crippen LogP contribution in [0.2, 0.25) is 0 Å². The van der Waals surface area contributed by atoms with Gasteiger partial charge >= 0.3 is 17.1 Å². The number of amides is 1. The Hall–Kier alpha value is -2.07. The summed E-state index contributed by atoms with van der Waals surface area (Å²) in [6.45, 7) is 6.45. The van der Waals surface area contributed by atoms with E-state index in [-0.39, 0.29) is 37.4 Å². The van der Waals surface area contributed by atoms with Crippen LogP contribution in [0.4, 0.5) is 31.1 Å². The molecule has 1 aliphatic heterocycles. The van der Waals surface area contributed by atoms with Crippen molar-refractivity contribution in [1.29, 1.82) is 0 Å². The van der Waals surface area contributed by atoms with Crippen LogP contribution in [0.25, 0.3) is 11.3 Å². The summed E-state index contributed by atoms with van der Waals surface area (Å²) < 4.78 is 128. The number of ketones is 1. The number of halogens is 9. The van der Waals surface area contributed by atoms with Crippen LogP contribution in [0.5, 0.6) is 0 Å². The Morgan fingerprint density at radius 1 is 0.860 bits per heavy atom. The number of sulfone groups is 2. The van der Waals surface area contributed by atoms with Gasteiger partial charge in [0.05, 0.1) is 25.8 Å². The molecule has 1 aromatic heterocycles. The summed E-state index contributed by atoms with van der Waals surface area (Å²) in [6, 6.07) is 6.19. The molecule has 3 aromatic rings. The number of hydrogen-bond donors (Lipinski definition) is 0. The molecule has 1 aliphatic rings. The summed E-state index contributed by atoms with van der Waals surface area (Å²) in [6.07, 6.45) is 1.000. The molecular formula is C29H27Br3F6N2O7S3. The molecule has 0 unspecified atom stereocenters. The van der Waals surface area contributed by atoms with Gasteiger partial charge in [0.25, 0.3) is 19.7 Å². The van der Waals surface area contributed by atoms with Crippen molar-refractivity contribution in [2.24, 2.45) is 0 Å². The zero-order valence-corrected chi connectivity index (χ0v) is 33.2. The van der Waals surface area contributed by atoms with Gasteiger partial charge in [-0.1, -0.05) is 47.8 Å². The van der Waals surface area contributed by atoms with E-state index in [1.54, 1.807) is 10.3 Å². The van der Waals surface area contributed by atoms with Crippen LogP contribution >= 0.6 is 59.1 Å². The molecule has 0 bridgehead atoms. The van der Waals surface area contributed by atoms with Crippen molar-refractivity contribution >= 4 is 90.7 Å². The third kappa shape index (κ3) is 10.5. The maximum absolute atomic E-state index is 13.0. The molecule has 0 atom stereocenters. The van der Waals surface area contributed by atoms with Crippen LogP contribution in [0.3, 0.4) is 0 Å². The van der Waals surface area contributed by atoms with E-state index in [0.717, 1.165) is 23.2 Å². The van der Waals surface area contributed by atoms with Crippen molar-refractivity contribution in [3.8, 4) is 11.3 Å². The second kappa shape index (κ2) is 15.9. The molecule has 0 spiro atoms. The maximum Gasteiger partial charge on any atom is 0.501 e. The van der Waals surface area contributed by atoms with Gasteiger partial charge in [-0.15, -0.1) is 11.3 Å². The molecule has 0 radical (unpaired) electrons. The maximum atomic E-state index is 13.0. The van der Waals surface area contributed by atoms with Crippen LogP contribution in [0.15, 0.2) is 60.5 Å². The minimum atomic E-state index is -5.47. The van der Waals surface area contributed by atoms with Crippen LogP contribution < -0.4 is 0 Å². The quantitative estimate of drug-likeness (QED) is 0.136. The second-order valence-electron chi connectivity index (χ2n) is 11.6. The predicted octanol–water partition coefficient (Wildman–Crippen LogP) is 9.30. The molecule has 0 N–H and O–H groups in total. The molecule has 1 fully saturated rings. The highest BCUT2D eigenvalue weighted by atomic mass is 79.9. The smallest absolute Gasteiger partial charge is 0.444 e. The summed E-state index contributed by atoms with van der Waals surface area (Å²) in [4.78, 5) is 28.0. The van der Waals surface area contributed by atoms with E-state index in [4.69, 9.17) is 4.74 Å². The molecule has 9 nitrogen and oxygen atoms in total. The fourth-order valence-corrected chi connectivity index (χ4v) is 8.61. The number of carbonyl (C=O) groups is 2. The monoisotopic (exact) mass is 962 g/mol. The normalized spacial score (nSPS) is 14.9. The van der Waals surface area contributed by atoms with E-state index < -0.39 is 51.9 Å². The summed E-state index contributed by atoms with van der Waals surface area (Å²) in [5.41, 5.74) is -10.8.